The summed E-state index contributed by atoms with van der Waals surface area (Å²) >= 11 is 0. The summed E-state index contributed by atoms with van der Waals surface area (Å²) in [6.07, 6.45) is 0.763. The molecule has 0 aliphatic rings. The van der Waals surface area contributed by atoms with E-state index in [1.807, 2.05) is 0 Å². The van der Waals surface area contributed by atoms with Gasteiger partial charge in [0.25, 0.3) is 0 Å². The standard InChI is InChI=1S/C29H49N8O14P/c1-16(2)12-19(33-23(40)14-37(18(4)39)24(41)6-9-50-11-10-49-5)27(43)34-20(13-22-31-7-8-32-22)28(44)35-21(15-38)29(45)36-25(26(30)42)17(3)51-52(46,47)48/h7-8,16-17,19-21,25,38H,6,9-15H2,1-5H3,(H2,30,42)(H,31,32)(H,33,40)(H,34,43)(H,35,44)(H,36,45)(H2,46,47,48)/t17-,19+,20+,21+,25+/m1/s1. The van der Waals surface area contributed by atoms with Gasteiger partial charge in [-0.25, -0.2) is 9.55 Å². The summed E-state index contributed by atoms with van der Waals surface area (Å²) in [7, 11) is -3.63. The highest BCUT2D eigenvalue weighted by atomic mass is 31.2. The molecule has 10 N–H and O–H groups in total. The Morgan fingerprint density at radius 3 is 2.08 bits per heavy atom. The van der Waals surface area contributed by atoms with E-state index in [0.717, 1.165) is 13.8 Å². The molecule has 0 radical (unpaired) electrons. The molecule has 0 aliphatic carbocycles. The number of nitrogens with zero attached hydrogens (tertiary/aromatic N) is 2. The maximum atomic E-state index is 13.6. The molecule has 23 heteroatoms. The number of aromatic nitrogens is 2. The summed E-state index contributed by atoms with van der Waals surface area (Å²) < 4.78 is 25.7. The van der Waals surface area contributed by atoms with Gasteiger partial charge in [-0.3, -0.25) is 43.0 Å². The number of H-pyrrole nitrogens is 1. The number of imide groups is 1. The van der Waals surface area contributed by atoms with Gasteiger partial charge >= 0.3 is 7.82 Å². The van der Waals surface area contributed by atoms with Crippen LogP contribution in [-0.4, -0.2) is 141 Å². The number of carbonyl (C=O) groups excluding carboxylic acids is 7. The van der Waals surface area contributed by atoms with Crippen molar-refractivity contribution in [1.82, 2.24) is 36.1 Å². The molecule has 294 valence electrons. The highest BCUT2D eigenvalue weighted by Gasteiger charge is 2.35. The first kappa shape index (κ1) is 45.7. The lowest BCUT2D eigenvalue weighted by Gasteiger charge is -2.27. The third kappa shape index (κ3) is 17.3. The Morgan fingerprint density at radius 2 is 1.56 bits per heavy atom. The summed E-state index contributed by atoms with van der Waals surface area (Å²) in [5, 5.41) is 19.2. The molecule has 0 fully saturated rings. The van der Waals surface area contributed by atoms with Crippen molar-refractivity contribution in [3.05, 3.63) is 18.2 Å². The Labute approximate surface area is 299 Å². The number of amides is 7. The fourth-order valence-electron chi connectivity index (χ4n) is 4.50. The number of primary amides is 1. The van der Waals surface area contributed by atoms with Crippen LogP contribution in [0.5, 0.6) is 0 Å². The minimum atomic E-state index is -5.11. The van der Waals surface area contributed by atoms with Crippen molar-refractivity contribution >= 4 is 49.2 Å². The molecule has 0 bridgehead atoms. The van der Waals surface area contributed by atoms with Gasteiger partial charge in [-0.15, -0.1) is 0 Å². The van der Waals surface area contributed by atoms with Crippen LogP contribution in [0.25, 0.3) is 0 Å². The number of carbonyl (C=O) groups is 7. The van der Waals surface area contributed by atoms with E-state index in [-0.39, 0.29) is 44.2 Å². The van der Waals surface area contributed by atoms with Crippen LogP contribution in [0.1, 0.15) is 46.4 Å². The van der Waals surface area contributed by atoms with E-state index in [1.165, 1.54) is 19.5 Å². The van der Waals surface area contributed by atoms with E-state index < -0.39 is 92.6 Å². The molecular formula is C29H49N8O14P. The summed E-state index contributed by atoms with van der Waals surface area (Å²) in [5.74, 6) is -6.54. The molecule has 52 heavy (non-hydrogen) atoms. The van der Waals surface area contributed by atoms with Crippen LogP contribution in [0.15, 0.2) is 12.4 Å². The summed E-state index contributed by atoms with van der Waals surface area (Å²) in [6.45, 7) is 4.39. The average Bonchev–Trinajstić information content (AvgIpc) is 3.55. The first-order valence-corrected chi connectivity index (χ1v) is 17.5. The fraction of sp³-hybridized carbons (Fsp3) is 0.655. The predicted octanol–water partition coefficient (Wildman–Crippen LogP) is -3.66. The first-order valence-electron chi connectivity index (χ1n) is 16.0. The van der Waals surface area contributed by atoms with Crippen LogP contribution < -0.4 is 27.0 Å². The van der Waals surface area contributed by atoms with Crippen LogP contribution in [0.3, 0.4) is 0 Å². The number of aliphatic hydroxyl groups excluding tert-OH is 1. The maximum absolute atomic E-state index is 13.6. The van der Waals surface area contributed by atoms with E-state index in [9.17, 15) is 43.2 Å². The molecule has 22 nitrogen and oxygen atoms in total. The van der Waals surface area contributed by atoms with Gasteiger partial charge in [-0.05, 0) is 19.3 Å². The smallest absolute Gasteiger partial charge is 0.394 e. The van der Waals surface area contributed by atoms with E-state index in [4.69, 9.17) is 25.0 Å². The van der Waals surface area contributed by atoms with Gasteiger partial charge in [-0.1, -0.05) is 13.8 Å². The van der Waals surface area contributed by atoms with Gasteiger partial charge in [0.05, 0.1) is 39.0 Å². The van der Waals surface area contributed by atoms with Gasteiger partial charge in [0, 0.05) is 32.8 Å². The molecule has 0 aromatic carbocycles. The van der Waals surface area contributed by atoms with E-state index in [2.05, 4.69) is 35.8 Å². The first-order chi connectivity index (χ1) is 24.3. The highest BCUT2D eigenvalue weighted by molar-refractivity contribution is 7.46. The van der Waals surface area contributed by atoms with Crippen molar-refractivity contribution in [2.45, 2.75) is 77.2 Å². The van der Waals surface area contributed by atoms with Crippen molar-refractivity contribution in [3.8, 4) is 0 Å². The zero-order valence-corrected chi connectivity index (χ0v) is 30.4. The molecule has 5 atom stereocenters. The lowest BCUT2D eigenvalue weighted by atomic mass is 10.0. The Hall–Kier alpha value is -4.31. The normalized spacial score (nSPS) is 14.3. The van der Waals surface area contributed by atoms with Crippen LogP contribution in [0.4, 0.5) is 0 Å². The summed E-state index contributed by atoms with van der Waals surface area (Å²) in [5.41, 5.74) is 5.24. The molecule has 1 aromatic rings. The van der Waals surface area contributed by atoms with Gasteiger partial charge in [0.2, 0.25) is 41.4 Å². The SMILES string of the molecule is COCCOCCC(=O)N(CC(=O)N[C@@H](CC(C)C)C(=O)N[C@@H](Cc1ncc[nH]1)C(=O)N[C@@H](CO)C(=O)N[C@H](C(N)=O)[C@@H](C)OP(=O)(O)O)C(C)=O. The van der Waals surface area contributed by atoms with Gasteiger partial charge in [0.1, 0.15) is 36.5 Å². The lowest BCUT2D eigenvalue weighted by molar-refractivity contribution is -0.147. The van der Waals surface area contributed by atoms with Crippen LogP contribution in [0.2, 0.25) is 0 Å². The molecule has 7 amide bonds. The molecule has 0 unspecified atom stereocenters. The van der Waals surface area contributed by atoms with Gasteiger partial charge < -0.3 is 56.4 Å². The zero-order chi connectivity index (χ0) is 39.6. The summed E-state index contributed by atoms with van der Waals surface area (Å²) in [4.78, 5) is 115. The number of hydrogen-bond donors (Lipinski definition) is 9. The number of imidazole rings is 1. The van der Waals surface area contributed by atoms with Gasteiger partial charge in [0.15, 0.2) is 0 Å². The second-order valence-electron chi connectivity index (χ2n) is 11.8. The number of phosphoric ester groups is 1. The Bertz CT molecular complexity index is 1410. The minimum Gasteiger partial charge on any atom is -0.394 e. The lowest BCUT2D eigenvalue weighted by Crippen LogP contribution is -2.61. The molecule has 1 rings (SSSR count). The minimum absolute atomic E-state index is 0.0280. The predicted molar refractivity (Wildman–Crippen MR) is 178 cm³/mol. The highest BCUT2D eigenvalue weighted by Crippen LogP contribution is 2.38. The van der Waals surface area contributed by atoms with E-state index >= 15 is 0 Å². The number of ether oxygens (including phenoxy) is 2. The Morgan fingerprint density at radius 1 is 0.942 bits per heavy atom. The monoisotopic (exact) mass is 764 g/mol. The van der Waals surface area contributed by atoms with Crippen molar-refractivity contribution < 1.29 is 67.0 Å². The van der Waals surface area contributed by atoms with E-state index in [1.54, 1.807) is 13.8 Å². The molecule has 0 spiro atoms. The number of aliphatic hydroxyl groups is 1. The fourth-order valence-corrected chi connectivity index (χ4v) is 5.06. The molecule has 0 saturated heterocycles. The largest absolute Gasteiger partial charge is 0.469 e. The number of methoxy groups -OCH3 is 1. The molecule has 1 aromatic heterocycles. The molecule has 1 heterocycles. The van der Waals surface area contributed by atoms with Crippen LogP contribution in [0, 0.1) is 5.92 Å². The number of nitrogens with one attached hydrogen (secondary N) is 5. The summed E-state index contributed by atoms with van der Waals surface area (Å²) in [6, 6.07) is -6.32. The number of nitrogens with two attached hydrogens (primary N) is 1. The van der Waals surface area contributed by atoms with Crippen molar-refractivity contribution in [2.24, 2.45) is 11.7 Å². The van der Waals surface area contributed by atoms with Gasteiger partial charge in [-0.2, -0.15) is 0 Å². The van der Waals surface area contributed by atoms with Crippen LogP contribution in [-0.2, 0) is 58.5 Å². The number of aromatic amines is 1. The second-order valence-corrected chi connectivity index (χ2v) is 13.0. The topological polar surface area (TPSA) is 331 Å². The zero-order valence-electron chi connectivity index (χ0n) is 29.5. The number of hydrogen-bond acceptors (Lipinski definition) is 13. The molecule has 0 aliphatic heterocycles. The Balaban J connectivity index is 3.15. The third-order valence-corrected chi connectivity index (χ3v) is 7.62. The maximum Gasteiger partial charge on any atom is 0.469 e. The van der Waals surface area contributed by atoms with Crippen molar-refractivity contribution in [2.75, 3.05) is 40.1 Å². The molecule has 0 saturated carbocycles. The third-order valence-electron chi connectivity index (χ3n) is 7.01. The Kier molecular flexibility index (Phi) is 19.9. The van der Waals surface area contributed by atoms with Crippen LogP contribution >= 0.6 is 7.82 Å². The molecular weight excluding hydrogens is 715 g/mol. The average molecular weight is 765 g/mol. The van der Waals surface area contributed by atoms with Crippen molar-refractivity contribution in [3.63, 3.8) is 0 Å². The second kappa shape index (κ2) is 22.6. The number of phosphoric acid groups is 1. The van der Waals surface area contributed by atoms with Crippen molar-refractivity contribution in [1.29, 1.82) is 0 Å². The number of rotatable bonds is 24. The quantitative estimate of drug-likeness (QED) is 0.0362. The van der Waals surface area contributed by atoms with E-state index in [0.29, 0.717) is 11.5 Å².